The van der Waals surface area contributed by atoms with E-state index < -0.39 is 10.0 Å². The number of aryl methyl sites for hydroxylation is 2. The standard InChI is InChI=1S/C21H28N2O2S/c1-16-9-10-20(17(2)13-16)26(24,25)22-15-21(3,4)23-12-11-18-7-5-6-8-19(18)14-23/h5-10,13,22H,11-12,14-15H2,1-4H3. The second kappa shape index (κ2) is 7.14. The number of hydrogen-bond donors (Lipinski definition) is 1. The van der Waals surface area contributed by atoms with Crippen molar-refractivity contribution >= 4 is 10.0 Å². The molecule has 2 aromatic carbocycles. The molecule has 0 radical (unpaired) electrons. The van der Waals surface area contributed by atoms with Gasteiger partial charge in [0, 0.05) is 25.2 Å². The Morgan fingerprint density at radius 1 is 1.08 bits per heavy atom. The Bertz CT molecular complexity index is 904. The van der Waals surface area contributed by atoms with Crippen molar-refractivity contribution in [2.75, 3.05) is 13.1 Å². The van der Waals surface area contributed by atoms with Gasteiger partial charge in [-0.1, -0.05) is 42.0 Å². The van der Waals surface area contributed by atoms with Gasteiger partial charge in [-0.25, -0.2) is 13.1 Å². The fraction of sp³-hybridized carbons (Fsp3) is 0.429. The Kier molecular flexibility index (Phi) is 5.24. The van der Waals surface area contributed by atoms with Crippen molar-refractivity contribution in [1.29, 1.82) is 0 Å². The topological polar surface area (TPSA) is 49.4 Å². The first-order valence-corrected chi connectivity index (χ1v) is 10.6. The van der Waals surface area contributed by atoms with E-state index in [1.807, 2.05) is 26.0 Å². The summed E-state index contributed by atoms with van der Waals surface area (Å²) in [5.74, 6) is 0. The molecule has 0 bridgehead atoms. The molecule has 140 valence electrons. The molecule has 3 rings (SSSR count). The van der Waals surface area contributed by atoms with E-state index in [2.05, 4.69) is 47.7 Å². The van der Waals surface area contributed by atoms with Gasteiger partial charge in [0.15, 0.2) is 0 Å². The molecule has 1 heterocycles. The lowest BCUT2D eigenvalue weighted by Gasteiger charge is -2.41. The predicted molar refractivity (Wildman–Crippen MR) is 106 cm³/mol. The molecule has 0 saturated carbocycles. The van der Waals surface area contributed by atoms with E-state index in [9.17, 15) is 8.42 Å². The van der Waals surface area contributed by atoms with Crippen LogP contribution in [0.15, 0.2) is 47.4 Å². The van der Waals surface area contributed by atoms with Crippen molar-refractivity contribution in [1.82, 2.24) is 9.62 Å². The molecule has 5 heteroatoms. The van der Waals surface area contributed by atoms with Gasteiger partial charge in [-0.3, -0.25) is 4.90 Å². The lowest BCUT2D eigenvalue weighted by atomic mass is 9.94. The number of nitrogens with one attached hydrogen (secondary N) is 1. The Morgan fingerprint density at radius 3 is 2.46 bits per heavy atom. The monoisotopic (exact) mass is 372 g/mol. The normalized spacial score (nSPS) is 15.7. The van der Waals surface area contributed by atoms with E-state index in [1.165, 1.54) is 11.1 Å². The molecule has 0 spiro atoms. The summed E-state index contributed by atoms with van der Waals surface area (Å²) in [7, 11) is -3.52. The van der Waals surface area contributed by atoms with Crippen molar-refractivity contribution in [3.05, 3.63) is 64.7 Å². The average Bonchev–Trinajstić information content (AvgIpc) is 2.59. The summed E-state index contributed by atoms with van der Waals surface area (Å²) in [6.07, 6.45) is 1.00. The zero-order chi connectivity index (χ0) is 18.9. The van der Waals surface area contributed by atoms with Crippen molar-refractivity contribution < 1.29 is 8.42 Å². The SMILES string of the molecule is Cc1ccc(S(=O)(=O)NCC(C)(C)N2CCc3ccccc3C2)c(C)c1. The molecule has 0 aromatic heterocycles. The van der Waals surface area contributed by atoms with Crippen LogP contribution < -0.4 is 4.72 Å². The number of benzene rings is 2. The van der Waals surface area contributed by atoms with Gasteiger partial charge in [0.2, 0.25) is 10.0 Å². The fourth-order valence-corrected chi connectivity index (χ4v) is 5.00. The summed E-state index contributed by atoms with van der Waals surface area (Å²) < 4.78 is 28.4. The molecular formula is C21H28N2O2S. The Hall–Kier alpha value is -1.69. The number of sulfonamides is 1. The van der Waals surface area contributed by atoms with Gasteiger partial charge in [0.25, 0.3) is 0 Å². The Balaban J connectivity index is 1.72. The van der Waals surface area contributed by atoms with Gasteiger partial charge < -0.3 is 0 Å². The van der Waals surface area contributed by atoms with Crippen LogP contribution in [-0.4, -0.2) is 31.9 Å². The van der Waals surface area contributed by atoms with Crippen LogP contribution in [0.4, 0.5) is 0 Å². The molecule has 0 saturated heterocycles. The maximum absolute atomic E-state index is 12.8. The molecule has 2 aromatic rings. The number of nitrogens with zero attached hydrogens (tertiary/aromatic N) is 1. The number of fused-ring (bicyclic) bond motifs is 1. The smallest absolute Gasteiger partial charge is 0.240 e. The van der Waals surface area contributed by atoms with Crippen LogP contribution >= 0.6 is 0 Å². The average molecular weight is 373 g/mol. The molecule has 0 fully saturated rings. The van der Waals surface area contributed by atoms with Crippen LogP contribution in [0, 0.1) is 13.8 Å². The first-order valence-electron chi connectivity index (χ1n) is 9.08. The van der Waals surface area contributed by atoms with E-state index >= 15 is 0 Å². The Morgan fingerprint density at radius 2 is 1.77 bits per heavy atom. The highest BCUT2D eigenvalue weighted by Gasteiger charge is 2.31. The molecule has 1 N–H and O–H groups in total. The van der Waals surface area contributed by atoms with Gasteiger partial charge in [-0.2, -0.15) is 0 Å². The van der Waals surface area contributed by atoms with Gasteiger partial charge >= 0.3 is 0 Å². The van der Waals surface area contributed by atoms with Crippen molar-refractivity contribution in [2.24, 2.45) is 0 Å². The second-order valence-electron chi connectivity index (χ2n) is 7.85. The minimum Gasteiger partial charge on any atom is -0.292 e. The van der Waals surface area contributed by atoms with E-state index in [4.69, 9.17) is 0 Å². The minimum absolute atomic E-state index is 0.265. The third kappa shape index (κ3) is 4.00. The first-order chi connectivity index (χ1) is 12.2. The number of hydrogen-bond acceptors (Lipinski definition) is 3. The van der Waals surface area contributed by atoms with E-state index in [0.29, 0.717) is 11.4 Å². The van der Waals surface area contributed by atoms with E-state index in [-0.39, 0.29) is 5.54 Å². The van der Waals surface area contributed by atoms with Crippen LogP contribution in [0.3, 0.4) is 0 Å². The van der Waals surface area contributed by atoms with E-state index in [0.717, 1.165) is 30.6 Å². The summed E-state index contributed by atoms with van der Waals surface area (Å²) >= 11 is 0. The van der Waals surface area contributed by atoms with Gasteiger partial charge in [0.05, 0.1) is 4.90 Å². The molecule has 4 nitrogen and oxygen atoms in total. The molecule has 1 aliphatic heterocycles. The number of rotatable bonds is 5. The largest absolute Gasteiger partial charge is 0.292 e. The van der Waals surface area contributed by atoms with Crippen molar-refractivity contribution in [2.45, 2.75) is 51.1 Å². The van der Waals surface area contributed by atoms with Crippen LogP contribution in [0.1, 0.15) is 36.1 Å². The fourth-order valence-electron chi connectivity index (χ4n) is 3.57. The quantitative estimate of drug-likeness (QED) is 0.875. The first kappa shape index (κ1) is 19.1. The molecule has 1 aliphatic rings. The Labute approximate surface area is 157 Å². The lowest BCUT2D eigenvalue weighted by Crippen LogP contribution is -2.53. The van der Waals surface area contributed by atoms with Crippen LogP contribution in [0.25, 0.3) is 0 Å². The minimum atomic E-state index is -3.52. The maximum atomic E-state index is 12.8. The summed E-state index contributed by atoms with van der Waals surface area (Å²) in [5, 5.41) is 0. The molecule has 0 amide bonds. The predicted octanol–water partition coefficient (Wildman–Crippen LogP) is 3.42. The highest BCUT2D eigenvalue weighted by atomic mass is 32.2. The van der Waals surface area contributed by atoms with Crippen molar-refractivity contribution in [3.8, 4) is 0 Å². The third-order valence-corrected chi connectivity index (χ3v) is 6.86. The molecule has 26 heavy (non-hydrogen) atoms. The van der Waals surface area contributed by atoms with Gasteiger partial charge in [-0.05, 0) is 56.9 Å². The summed E-state index contributed by atoms with van der Waals surface area (Å²) in [6.45, 7) is 10.2. The summed E-state index contributed by atoms with van der Waals surface area (Å²) in [5.41, 5.74) is 4.31. The zero-order valence-electron chi connectivity index (χ0n) is 16.0. The van der Waals surface area contributed by atoms with Gasteiger partial charge in [0.1, 0.15) is 0 Å². The van der Waals surface area contributed by atoms with Gasteiger partial charge in [-0.15, -0.1) is 0 Å². The molecular weight excluding hydrogens is 344 g/mol. The zero-order valence-corrected chi connectivity index (χ0v) is 16.9. The van der Waals surface area contributed by atoms with Crippen LogP contribution in [0.2, 0.25) is 0 Å². The molecule has 0 aliphatic carbocycles. The summed E-state index contributed by atoms with van der Waals surface area (Å²) in [4.78, 5) is 2.72. The van der Waals surface area contributed by atoms with E-state index in [1.54, 1.807) is 6.07 Å². The third-order valence-electron chi connectivity index (χ3n) is 5.30. The highest BCUT2D eigenvalue weighted by molar-refractivity contribution is 7.89. The van der Waals surface area contributed by atoms with Crippen molar-refractivity contribution in [3.63, 3.8) is 0 Å². The summed E-state index contributed by atoms with van der Waals surface area (Å²) in [6, 6.07) is 13.9. The molecule has 0 atom stereocenters. The highest BCUT2D eigenvalue weighted by Crippen LogP contribution is 2.25. The second-order valence-corrected chi connectivity index (χ2v) is 9.58. The van der Waals surface area contributed by atoms with Crippen LogP contribution in [-0.2, 0) is 23.0 Å². The lowest BCUT2D eigenvalue weighted by molar-refractivity contribution is 0.108. The maximum Gasteiger partial charge on any atom is 0.240 e. The van der Waals surface area contributed by atoms with Crippen LogP contribution in [0.5, 0.6) is 0 Å². The molecule has 0 unspecified atom stereocenters.